The van der Waals surface area contributed by atoms with Crippen LogP contribution in [0.3, 0.4) is 0 Å². The first-order chi connectivity index (χ1) is 7.13. The van der Waals surface area contributed by atoms with Crippen LogP contribution in [0.1, 0.15) is 19.4 Å². The summed E-state index contributed by atoms with van der Waals surface area (Å²) < 4.78 is 11.0. The molecule has 0 amide bonds. The van der Waals surface area contributed by atoms with E-state index in [4.69, 9.17) is 15.2 Å². The van der Waals surface area contributed by atoms with Gasteiger partial charge in [-0.2, -0.15) is 0 Å². The minimum atomic E-state index is 0.194. The van der Waals surface area contributed by atoms with Crippen molar-refractivity contribution in [2.75, 3.05) is 13.2 Å². The van der Waals surface area contributed by atoms with E-state index in [0.717, 1.165) is 17.1 Å². The van der Waals surface area contributed by atoms with Crippen molar-refractivity contribution in [3.63, 3.8) is 0 Å². The summed E-state index contributed by atoms with van der Waals surface area (Å²) in [5, 5.41) is 0. The molecule has 1 rings (SSSR count). The van der Waals surface area contributed by atoms with E-state index in [2.05, 4.69) is 0 Å². The summed E-state index contributed by atoms with van der Waals surface area (Å²) in [6, 6.07) is 5.80. The van der Waals surface area contributed by atoms with Crippen LogP contribution in [-0.4, -0.2) is 19.3 Å². The molecule has 0 unspecified atom stereocenters. The molecule has 0 bridgehead atoms. The average Bonchev–Trinajstić information content (AvgIpc) is 2.18. The number of benzene rings is 1. The molecule has 0 atom stereocenters. The molecule has 84 valence electrons. The van der Waals surface area contributed by atoms with Crippen LogP contribution >= 0.6 is 0 Å². The highest BCUT2D eigenvalue weighted by molar-refractivity contribution is 5.39. The molecule has 0 spiro atoms. The van der Waals surface area contributed by atoms with Crippen molar-refractivity contribution in [2.45, 2.75) is 26.9 Å². The molecule has 0 aliphatic carbocycles. The van der Waals surface area contributed by atoms with E-state index in [1.165, 1.54) is 0 Å². The van der Waals surface area contributed by atoms with Gasteiger partial charge in [-0.05, 0) is 44.5 Å². The second-order valence-corrected chi connectivity index (χ2v) is 3.73. The Morgan fingerprint density at radius 3 is 2.60 bits per heavy atom. The molecule has 0 saturated carbocycles. The summed E-state index contributed by atoms with van der Waals surface area (Å²) in [5.74, 6) is 1.75. The quantitative estimate of drug-likeness (QED) is 0.807. The molecule has 15 heavy (non-hydrogen) atoms. The molecular weight excluding hydrogens is 190 g/mol. The molecule has 3 nitrogen and oxygen atoms in total. The summed E-state index contributed by atoms with van der Waals surface area (Å²) in [6.45, 7) is 7.11. The molecule has 0 saturated heterocycles. The molecular formula is C12H19NO2. The number of nitrogens with two attached hydrogens (primary N) is 1. The Hall–Kier alpha value is -1.22. The first-order valence-corrected chi connectivity index (χ1v) is 5.23. The summed E-state index contributed by atoms with van der Waals surface area (Å²) in [7, 11) is 0. The van der Waals surface area contributed by atoms with Crippen LogP contribution in [0, 0.1) is 6.92 Å². The smallest absolute Gasteiger partial charge is 0.122 e. The van der Waals surface area contributed by atoms with Crippen LogP contribution in [0.2, 0.25) is 0 Å². The monoisotopic (exact) mass is 209 g/mol. The van der Waals surface area contributed by atoms with Gasteiger partial charge in [-0.3, -0.25) is 0 Å². The minimum absolute atomic E-state index is 0.194. The van der Waals surface area contributed by atoms with Gasteiger partial charge >= 0.3 is 0 Å². The number of ether oxygens (including phenoxy) is 2. The van der Waals surface area contributed by atoms with Gasteiger partial charge in [-0.15, -0.1) is 0 Å². The summed E-state index contributed by atoms with van der Waals surface area (Å²) >= 11 is 0. The van der Waals surface area contributed by atoms with Gasteiger partial charge in [0.2, 0.25) is 0 Å². The average molecular weight is 209 g/mol. The maximum atomic E-state index is 5.62. The lowest BCUT2D eigenvalue weighted by atomic mass is 10.2. The topological polar surface area (TPSA) is 44.5 Å². The Morgan fingerprint density at radius 2 is 2.07 bits per heavy atom. The Morgan fingerprint density at radius 1 is 1.33 bits per heavy atom. The molecule has 0 heterocycles. The zero-order valence-corrected chi connectivity index (χ0v) is 9.62. The molecule has 0 aliphatic heterocycles. The van der Waals surface area contributed by atoms with Gasteiger partial charge in [-0.1, -0.05) is 0 Å². The van der Waals surface area contributed by atoms with E-state index in [-0.39, 0.29) is 6.10 Å². The second kappa shape index (κ2) is 5.61. The fourth-order valence-corrected chi connectivity index (χ4v) is 1.27. The number of aryl methyl sites for hydroxylation is 1. The van der Waals surface area contributed by atoms with Crippen molar-refractivity contribution >= 4 is 0 Å². The Balaban J connectivity index is 2.70. The van der Waals surface area contributed by atoms with Crippen molar-refractivity contribution in [1.29, 1.82) is 0 Å². The first kappa shape index (κ1) is 11.9. The van der Waals surface area contributed by atoms with Crippen molar-refractivity contribution < 1.29 is 9.47 Å². The molecule has 3 heteroatoms. The van der Waals surface area contributed by atoms with Gasteiger partial charge in [0, 0.05) is 6.54 Å². The van der Waals surface area contributed by atoms with Gasteiger partial charge < -0.3 is 15.2 Å². The van der Waals surface area contributed by atoms with Gasteiger partial charge in [-0.25, -0.2) is 0 Å². The lowest BCUT2D eigenvalue weighted by Gasteiger charge is -2.13. The van der Waals surface area contributed by atoms with Gasteiger partial charge in [0.15, 0.2) is 0 Å². The molecule has 2 N–H and O–H groups in total. The third-order valence-corrected chi connectivity index (χ3v) is 1.90. The highest BCUT2D eigenvalue weighted by atomic mass is 16.5. The third kappa shape index (κ3) is 3.80. The van der Waals surface area contributed by atoms with Crippen molar-refractivity contribution in [3.05, 3.63) is 23.8 Å². The van der Waals surface area contributed by atoms with Crippen molar-refractivity contribution in [3.8, 4) is 11.5 Å². The van der Waals surface area contributed by atoms with Crippen molar-refractivity contribution in [2.24, 2.45) is 5.73 Å². The maximum Gasteiger partial charge on any atom is 0.122 e. The standard InChI is InChI=1S/C12H19NO2/c1-9(2)15-12-5-4-11(8-10(12)3)14-7-6-13/h4-5,8-9H,6-7,13H2,1-3H3. The van der Waals surface area contributed by atoms with E-state index in [1.807, 2.05) is 39.0 Å². The zero-order valence-electron chi connectivity index (χ0n) is 9.62. The lowest BCUT2D eigenvalue weighted by Crippen LogP contribution is -2.11. The van der Waals surface area contributed by atoms with Gasteiger partial charge in [0.1, 0.15) is 18.1 Å². The second-order valence-electron chi connectivity index (χ2n) is 3.73. The van der Waals surface area contributed by atoms with E-state index in [0.29, 0.717) is 13.2 Å². The molecule has 1 aromatic carbocycles. The summed E-state index contributed by atoms with van der Waals surface area (Å²) in [6.07, 6.45) is 0.194. The number of hydrogen-bond acceptors (Lipinski definition) is 3. The van der Waals surface area contributed by atoms with Crippen LogP contribution < -0.4 is 15.2 Å². The highest BCUT2D eigenvalue weighted by Crippen LogP contribution is 2.24. The molecule has 0 aromatic heterocycles. The Labute approximate surface area is 91.2 Å². The number of hydrogen-bond donors (Lipinski definition) is 1. The minimum Gasteiger partial charge on any atom is -0.492 e. The Kier molecular flexibility index (Phi) is 4.43. The maximum absolute atomic E-state index is 5.62. The van der Waals surface area contributed by atoms with E-state index < -0.39 is 0 Å². The third-order valence-electron chi connectivity index (χ3n) is 1.90. The molecule has 0 radical (unpaired) electrons. The van der Waals surface area contributed by atoms with Crippen LogP contribution in [-0.2, 0) is 0 Å². The molecule has 1 aromatic rings. The van der Waals surface area contributed by atoms with E-state index in [9.17, 15) is 0 Å². The van der Waals surface area contributed by atoms with Crippen LogP contribution in [0.15, 0.2) is 18.2 Å². The van der Waals surface area contributed by atoms with Gasteiger partial charge in [0.25, 0.3) is 0 Å². The fourth-order valence-electron chi connectivity index (χ4n) is 1.27. The van der Waals surface area contributed by atoms with E-state index in [1.54, 1.807) is 0 Å². The first-order valence-electron chi connectivity index (χ1n) is 5.23. The SMILES string of the molecule is Cc1cc(OCCN)ccc1OC(C)C. The van der Waals surface area contributed by atoms with E-state index >= 15 is 0 Å². The normalized spacial score (nSPS) is 10.5. The fraction of sp³-hybridized carbons (Fsp3) is 0.500. The highest BCUT2D eigenvalue weighted by Gasteiger charge is 2.03. The predicted molar refractivity (Wildman–Crippen MR) is 61.5 cm³/mol. The lowest BCUT2D eigenvalue weighted by molar-refractivity contribution is 0.240. The number of rotatable bonds is 5. The zero-order chi connectivity index (χ0) is 11.3. The van der Waals surface area contributed by atoms with Crippen LogP contribution in [0.5, 0.6) is 11.5 Å². The van der Waals surface area contributed by atoms with Crippen LogP contribution in [0.25, 0.3) is 0 Å². The largest absolute Gasteiger partial charge is 0.492 e. The van der Waals surface area contributed by atoms with Crippen LogP contribution in [0.4, 0.5) is 0 Å². The summed E-state index contributed by atoms with van der Waals surface area (Å²) in [5.41, 5.74) is 6.44. The van der Waals surface area contributed by atoms with Gasteiger partial charge in [0.05, 0.1) is 6.10 Å². The predicted octanol–water partition coefficient (Wildman–Crippen LogP) is 2.12. The van der Waals surface area contributed by atoms with Crippen molar-refractivity contribution in [1.82, 2.24) is 0 Å². The molecule has 0 fully saturated rings. The summed E-state index contributed by atoms with van der Waals surface area (Å²) in [4.78, 5) is 0. The molecule has 0 aliphatic rings. The Bertz CT molecular complexity index is 310.